The van der Waals surface area contributed by atoms with Crippen molar-refractivity contribution in [3.05, 3.63) is 24.3 Å². The first-order valence-corrected chi connectivity index (χ1v) is 6.34. The molecule has 108 valence electrons. The van der Waals surface area contributed by atoms with Crippen molar-refractivity contribution >= 4 is 23.3 Å². The van der Waals surface area contributed by atoms with Crippen LogP contribution < -0.4 is 16.4 Å². The molecule has 3 amide bonds. The van der Waals surface area contributed by atoms with Crippen LogP contribution in [0.15, 0.2) is 24.3 Å². The lowest BCUT2D eigenvalue weighted by Gasteiger charge is -2.34. The molecule has 1 saturated heterocycles. The van der Waals surface area contributed by atoms with Crippen molar-refractivity contribution in [3.8, 4) is 0 Å². The monoisotopic (exact) mass is 278 g/mol. The van der Waals surface area contributed by atoms with E-state index in [4.69, 9.17) is 10.5 Å². The van der Waals surface area contributed by atoms with Crippen molar-refractivity contribution in [2.75, 3.05) is 37.9 Å². The predicted molar refractivity (Wildman–Crippen MR) is 75.3 cm³/mol. The number of amides is 3. The summed E-state index contributed by atoms with van der Waals surface area (Å²) in [6.45, 7) is 0.996. The molecule has 4 N–H and O–H groups in total. The second-order valence-corrected chi connectivity index (χ2v) is 4.45. The third kappa shape index (κ3) is 3.18. The number of urea groups is 1. The maximum atomic E-state index is 12.2. The molecule has 2 rings (SSSR count). The molecule has 1 aliphatic heterocycles. The van der Waals surface area contributed by atoms with Crippen LogP contribution in [0, 0.1) is 0 Å². The number of anilines is 2. The van der Waals surface area contributed by atoms with Crippen molar-refractivity contribution in [3.63, 3.8) is 0 Å². The van der Waals surface area contributed by atoms with E-state index >= 15 is 0 Å². The third-order valence-corrected chi connectivity index (χ3v) is 3.10. The first kappa shape index (κ1) is 14.1. The highest BCUT2D eigenvalue weighted by Gasteiger charge is 2.32. The summed E-state index contributed by atoms with van der Waals surface area (Å²) in [5.41, 5.74) is 6.84. The van der Waals surface area contributed by atoms with E-state index in [0.717, 1.165) is 0 Å². The summed E-state index contributed by atoms with van der Waals surface area (Å²) in [4.78, 5) is 25.5. The number of nitrogens with zero attached hydrogens (tertiary/aromatic N) is 1. The van der Waals surface area contributed by atoms with Gasteiger partial charge in [0.25, 0.3) is 0 Å². The van der Waals surface area contributed by atoms with Crippen LogP contribution >= 0.6 is 0 Å². The van der Waals surface area contributed by atoms with Crippen molar-refractivity contribution in [1.29, 1.82) is 0 Å². The lowest BCUT2D eigenvalue weighted by molar-refractivity contribution is -0.129. The number of rotatable bonds is 2. The van der Waals surface area contributed by atoms with Gasteiger partial charge < -0.3 is 26.0 Å². The average Bonchev–Trinajstić information content (AvgIpc) is 2.48. The van der Waals surface area contributed by atoms with Gasteiger partial charge in [-0.3, -0.25) is 4.79 Å². The Hall–Kier alpha value is -2.28. The molecule has 20 heavy (non-hydrogen) atoms. The van der Waals surface area contributed by atoms with E-state index < -0.39 is 6.04 Å². The highest BCUT2D eigenvalue weighted by Crippen LogP contribution is 2.14. The van der Waals surface area contributed by atoms with Crippen LogP contribution in [0.1, 0.15) is 0 Å². The van der Waals surface area contributed by atoms with E-state index in [1.807, 2.05) is 0 Å². The Morgan fingerprint density at radius 3 is 2.70 bits per heavy atom. The number of morpholine rings is 1. The number of carbonyl (C=O) groups excluding carboxylic acids is 2. The van der Waals surface area contributed by atoms with Crippen LogP contribution in [0.3, 0.4) is 0 Å². The maximum Gasteiger partial charge on any atom is 0.322 e. The van der Waals surface area contributed by atoms with E-state index in [0.29, 0.717) is 24.5 Å². The van der Waals surface area contributed by atoms with Crippen LogP contribution in [0.4, 0.5) is 16.2 Å². The Labute approximate surface area is 117 Å². The first-order valence-electron chi connectivity index (χ1n) is 6.34. The van der Waals surface area contributed by atoms with E-state index in [1.54, 1.807) is 24.3 Å². The Bertz CT molecular complexity index is 489. The molecule has 0 aromatic heterocycles. The molecule has 1 heterocycles. The zero-order valence-electron chi connectivity index (χ0n) is 11.3. The normalized spacial score (nSPS) is 18.4. The number of nitrogen functional groups attached to an aromatic ring is 1. The summed E-state index contributed by atoms with van der Waals surface area (Å²) < 4.78 is 5.25. The van der Waals surface area contributed by atoms with Gasteiger partial charge in [-0.1, -0.05) is 0 Å². The molecular weight excluding hydrogens is 260 g/mol. The number of carbonyl (C=O) groups is 2. The van der Waals surface area contributed by atoms with Gasteiger partial charge >= 0.3 is 6.03 Å². The number of likely N-dealkylation sites (N-methyl/N-ethyl adjacent to an activating group) is 1. The van der Waals surface area contributed by atoms with Gasteiger partial charge in [-0.05, 0) is 24.3 Å². The maximum absolute atomic E-state index is 12.2. The standard InChI is InChI=1S/C13H18N4O3/c1-15-12(18)11-8-20-7-6-17(11)13(19)16-10-4-2-9(14)3-5-10/h2-5,11H,6-8,14H2,1H3,(H,15,18)(H,16,19). The van der Waals surface area contributed by atoms with Crippen LogP contribution in [0.2, 0.25) is 0 Å². The SMILES string of the molecule is CNC(=O)C1COCCN1C(=O)Nc1ccc(N)cc1. The zero-order valence-corrected chi connectivity index (χ0v) is 11.3. The van der Waals surface area contributed by atoms with Crippen molar-refractivity contribution in [1.82, 2.24) is 10.2 Å². The predicted octanol–water partition coefficient (Wildman–Crippen LogP) is 0.248. The fraction of sp³-hybridized carbons (Fsp3) is 0.385. The molecular formula is C13H18N4O3. The molecule has 1 fully saturated rings. The molecule has 1 unspecified atom stereocenters. The summed E-state index contributed by atoms with van der Waals surface area (Å²) in [6, 6.07) is 5.88. The molecule has 0 bridgehead atoms. The van der Waals surface area contributed by atoms with Crippen molar-refractivity contribution in [2.45, 2.75) is 6.04 Å². The topological polar surface area (TPSA) is 96.7 Å². The number of benzene rings is 1. The number of hydrogen-bond acceptors (Lipinski definition) is 4. The Morgan fingerprint density at radius 2 is 2.05 bits per heavy atom. The summed E-state index contributed by atoms with van der Waals surface area (Å²) in [5.74, 6) is -0.239. The molecule has 1 aromatic rings. The van der Waals surface area contributed by atoms with Crippen LogP contribution in [-0.2, 0) is 9.53 Å². The lowest BCUT2D eigenvalue weighted by atomic mass is 10.2. The molecule has 1 aliphatic rings. The third-order valence-electron chi connectivity index (χ3n) is 3.10. The van der Waals surface area contributed by atoms with Crippen LogP contribution in [0.5, 0.6) is 0 Å². The molecule has 0 aliphatic carbocycles. The molecule has 7 nitrogen and oxygen atoms in total. The number of nitrogens with two attached hydrogens (primary N) is 1. The van der Waals surface area contributed by atoms with Gasteiger partial charge in [0, 0.05) is 25.0 Å². The van der Waals surface area contributed by atoms with E-state index in [9.17, 15) is 9.59 Å². The number of hydrogen-bond donors (Lipinski definition) is 3. The fourth-order valence-electron chi connectivity index (χ4n) is 1.99. The number of ether oxygens (including phenoxy) is 1. The van der Waals surface area contributed by atoms with Gasteiger partial charge in [-0.15, -0.1) is 0 Å². The molecule has 0 radical (unpaired) electrons. The molecule has 0 spiro atoms. The van der Waals surface area contributed by atoms with Gasteiger partial charge in [0.05, 0.1) is 13.2 Å². The quantitative estimate of drug-likeness (QED) is 0.675. The van der Waals surface area contributed by atoms with Crippen molar-refractivity contribution < 1.29 is 14.3 Å². The second kappa shape index (κ2) is 6.25. The summed E-state index contributed by atoms with van der Waals surface area (Å²) in [7, 11) is 1.53. The number of nitrogens with one attached hydrogen (secondary N) is 2. The Balaban J connectivity index is 2.05. The minimum atomic E-state index is -0.609. The van der Waals surface area contributed by atoms with Gasteiger partial charge in [0.15, 0.2) is 0 Å². The zero-order chi connectivity index (χ0) is 14.5. The minimum absolute atomic E-state index is 0.203. The lowest BCUT2D eigenvalue weighted by Crippen LogP contribution is -2.56. The average molecular weight is 278 g/mol. The summed E-state index contributed by atoms with van der Waals surface area (Å²) in [5, 5.41) is 5.28. The Morgan fingerprint density at radius 1 is 1.35 bits per heavy atom. The van der Waals surface area contributed by atoms with E-state index in [2.05, 4.69) is 10.6 Å². The molecule has 7 heteroatoms. The van der Waals surface area contributed by atoms with Crippen molar-refractivity contribution in [2.24, 2.45) is 0 Å². The molecule has 1 atom stereocenters. The largest absolute Gasteiger partial charge is 0.399 e. The smallest absolute Gasteiger partial charge is 0.322 e. The fourth-order valence-corrected chi connectivity index (χ4v) is 1.99. The summed E-state index contributed by atoms with van der Waals surface area (Å²) in [6.07, 6.45) is 0. The van der Waals surface area contributed by atoms with Gasteiger partial charge in [-0.25, -0.2) is 4.79 Å². The Kier molecular flexibility index (Phi) is 4.41. The van der Waals surface area contributed by atoms with E-state index in [1.165, 1.54) is 11.9 Å². The van der Waals surface area contributed by atoms with Crippen LogP contribution in [-0.4, -0.2) is 49.7 Å². The highest BCUT2D eigenvalue weighted by atomic mass is 16.5. The highest BCUT2D eigenvalue weighted by molar-refractivity contribution is 5.94. The van der Waals surface area contributed by atoms with Gasteiger partial charge in [0.2, 0.25) is 5.91 Å². The first-order chi connectivity index (χ1) is 9.61. The minimum Gasteiger partial charge on any atom is -0.399 e. The summed E-state index contributed by atoms with van der Waals surface area (Å²) >= 11 is 0. The van der Waals surface area contributed by atoms with Gasteiger partial charge in [-0.2, -0.15) is 0 Å². The molecule has 0 saturated carbocycles. The van der Waals surface area contributed by atoms with Gasteiger partial charge in [0.1, 0.15) is 6.04 Å². The molecule has 1 aromatic carbocycles. The van der Waals surface area contributed by atoms with Crippen LogP contribution in [0.25, 0.3) is 0 Å². The van der Waals surface area contributed by atoms with E-state index in [-0.39, 0.29) is 18.5 Å². The second-order valence-electron chi connectivity index (χ2n) is 4.45.